The van der Waals surface area contributed by atoms with E-state index >= 15 is 0 Å². The fourth-order valence-corrected chi connectivity index (χ4v) is 3.48. The molecule has 1 aliphatic heterocycles. The predicted octanol–water partition coefficient (Wildman–Crippen LogP) is 2.60. The lowest BCUT2D eigenvalue weighted by molar-refractivity contribution is 0.101. The van der Waals surface area contributed by atoms with Crippen molar-refractivity contribution in [2.75, 3.05) is 19.6 Å². The molecule has 1 heterocycles. The Bertz CT molecular complexity index is 522. The van der Waals surface area contributed by atoms with Crippen molar-refractivity contribution in [3.8, 4) is 0 Å². The van der Waals surface area contributed by atoms with Crippen molar-refractivity contribution in [3.05, 3.63) is 33.9 Å². The number of carbonyl (C=O) groups is 1. The Balaban J connectivity index is 2.28. The number of Topliss-reactive ketones (excluding diaryl/α,β-unsaturated/α-hetero) is 1. The average Bonchev–Trinajstić information content (AvgIpc) is 2.81. The van der Waals surface area contributed by atoms with Crippen LogP contribution in [0.3, 0.4) is 0 Å². The third kappa shape index (κ3) is 2.94. The summed E-state index contributed by atoms with van der Waals surface area (Å²) in [6.45, 7) is 11.8. The number of likely N-dealkylation sites (tertiary alicyclic amines) is 1. The lowest BCUT2D eigenvalue weighted by Gasteiger charge is -2.21. The van der Waals surface area contributed by atoms with E-state index in [9.17, 15) is 4.79 Å². The van der Waals surface area contributed by atoms with E-state index in [1.54, 1.807) is 6.92 Å². The van der Waals surface area contributed by atoms with E-state index in [0.717, 1.165) is 42.9 Å². The second kappa shape index (κ2) is 6.06. The van der Waals surface area contributed by atoms with Crippen molar-refractivity contribution in [3.63, 3.8) is 0 Å². The molecule has 0 saturated carbocycles. The van der Waals surface area contributed by atoms with Crippen LogP contribution in [0.1, 0.15) is 46.0 Å². The van der Waals surface area contributed by atoms with E-state index < -0.39 is 0 Å². The summed E-state index contributed by atoms with van der Waals surface area (Å²) >= 11 is 0. The lowest BCUT2D eigenvalue weighted by Crippen LogP contribution is -2.24. The van der Waals surface area contributed by atoms with Gasteiger partial charge in [-0.05, 0) is 75.4 Å². The maximum Gasteiger partial charge on any atom is 0.160 e. The monoisotopic (exact) mass is 274 g/mol. The van der Waals surface area contributed by atoms with Gasteiger partial charge < -0.3 is 5.73 Å². The van der Waals surface area contributed by atoms with Gasteiger partial charge >= 0.3 is 0 Å². The first-order valence-corrected chi connectivity index (χ1v) is 7.47. The van der Waals surface area contributed by atoms with Crippen LogP contribution >= 0.6 is 0 Å². The summed E-state index contributed by atoms with van der Waals surface area (Å²) in [5.74, 6) is 0.802. The zero-order valence-electron chi connectivity index (χ0n) is 13.1. The predicted molar refractivity (Wildman–Crippen MR) is 83.1 cm³/mol. The van der Waals surface area contributed by atoms with E-state index in [2.05, 4.69) is 24.8 Å². The van der Waals surface area contributed by atoms with Gasteiger partial charge in [-0.25, -0.2) is 0 Å². The number of carbonyl (C=O) groups excluding carboxylic acids is 1. The van der Waals surface area contributed by atoms with Gasteiger partial charge in [0.25, 0.3) is 0 Å². The number of hydrogen-bond donors (Lipinski definition) is 1. The molecule has 1 aliphatic rings. The van der Waals surface area contributed by atoms with E-state index in [-0.39, 0.29) is 5.78 Å². The minimum Gasteiger partial charge on any atom is -0.330 e. The Morgan fingerprint density at radius 3 is 2.60 bits per heavy atom. The molecule has 0 aliphatic carbocycles. The van der Waals surface area contributed by atoms with Crippen molar-refractivity contribution < 1.29 is 4.79 Å². The molecule has 2 rings (SSSR count). The second-order valence-electron chi connectivity index (χ2n) is 6.17. The van der Waals surface area contributed by atoms with Gasteiger partial charge in [-0.2, -0.15) is 0 Å². The Morgan fingerprint density at radius 2 is 2.05 bits per heavy atom. The van der Waals surface area contributed by atoms with Crippen LogP contribution in [0.2, 0.25) is 0 Å². The third-order valence-electron chi connectivity index (χ3n) is 4.57. The molecule has 1 saturated heterocycles. The number of rotatable bonds is 4. The van der Waals surface area contributed by atoms with Gasteiger partial charge in [-0.1, -0.05) is 6.07 Å². The van der Waals surface area contributed by atoms with Crippen LogP contribution in [0.5, 0.6) is 0 Å². The molecule has 1 fully saturated rings. The zero-order chi connectivity index (χ0) is 14.9. The Kier molecular flexibility index (Phi) is 4.61. The summed E-state index contributed by atoms with van der Waals surface area (Å²) in [6.07, 6.45) is 1.19. The Labute approximate surface area is 122 Å². The molecule has 1 aromatic carbocycles. The Hall–Kier alpha value is -1.19. The molecule has 1 aromatic rings. The molecular weight excluding hydrogens is 248 g/mol. The highest BCUT2D eigenvalue weighted by atomic mass is 16.1. The minimum atomic E-state index is 0.169. The van der Waals surface area contributed by atoms with Crippen LogP contribution in [0, 0.1) is 26.7 Å². The molecule has 110 valence electrons. The summed E-state index contributed by atoms with van der Waals surface area (Å²) < 4.78 is 0. The molecule has 1 atom stereocenters. The lowest BCUT2D eigenvalue weighted by atomic mass is 9.91. The SMILES string of the molecule is CC(=O)c1c(C)cc(C)c(CN2CC[C@@H](CN)C2)c1C. The molecule has 0 spiro atoms. The number of ketones is 1. The molecule has 0 amide bonds. The number of benzene rings is 1. The van der Waals surface area contributed by atoms with E-state index in [4.69, 9.17) is 5.73 Å². The fourth-order valence-electron chi connectivity index (χ4n) is 3.48. The summed E-state index contributed by atoms with van der Waals surface area (Å²) in [5.41, 5.74) is 11.5. The molecule has 0 radical (unpaired) electrons. The summed E-state index contributed by atoms with van der Waals surface area (Å²) in [4.78, 5) is 14.3. The van der Waals surface area contributed by atoms with Gasteiger partial charge in [0.1, 0.15) is 0 Å². The van der Waals surface area contributed by atoms with Gasteiger partial charge in [0.2, 0.25) is 0 Å². The van der Waals surface area contributed by atoms with Crippen LogP contribution in [0.15, 0.2) is 6.07 Å². The highest BCUT2D eigenvalue weighted by Crippen LogP contribution is 2.26. The molecule has 2 N–H and O–H groups in total. The van der Waals surface area contributed by atoms with Crippen molar-refractivity contribution >= 4 is 5.78 Å². The minimum absolute atomic E-state index is 0.169. The molecule has 3 nitrogen and oxygen atoms in total. The first kappa shape index (κ1) is 15.2. The maximum atomic E-state index is 11.9. The number of hydrogen-bond acceptors (Lipinski definition) is 3. The van der Waals surface area contributed by atoms with Crippen LogP contribution in [0.4, 0.5) is 0 Å². The first-order valence-electron chi connectivity index (χ1n) is 7.47. The van der Waals surface area contributed by atoms with Crippen molar-refractivity contribution in [2.24, 2.45) is 11.7 Å². The largest absolute Gasteiger partial charge is 0.330 e. The van der Waals surface area contributed by atoms with Crippen LogP contribution in [-0.2, 0) is 6.54 Å². The zero-order valence-corrected chi connectivity index (χ0v) is 13.1. The normalized spacial score (nSPS) is 19.6. The van der Waals surface area contributed by atoms with Gasteiger partial charge in [-0.15, -0.1) is 0 Å². The Morgan fingerprint density at radius 1 is 1.35 bits per heavy atom. The molecule has 0 aromatic heterocycles. The standard InChI is InChI=1S/C17H26N2O/c1-11-7-12(2)17(14(4)20)13(3)16(11)10-19-6-5-15(8-18)9-19/h7,15H,5-6,8-10,18H2,1-4H3/t15-/m0/s1. The highest BCUT2D eigenvalue weighted by molar-refractivity contribution is 5.97. The van der Waals surface area contributed by atoms with Crippen LogP contribution in [0.25, 0.3) is 0 Å². The van der Waals surface area contributed by atoms with Crippen molar-refractivity contribution in [1.82, 2.24) is 4.90 Å². The summed E-state index contributed by atoms with van der Waals surface area (Å²) in [5, 5.41) is 0. The quantitative estimate of drug-likeness (QED) is 0.858. The van der Waals surface area contributed by atoms with Crippen molar-refractivity contribution in [1.29, 1.82) is 0 Å². The molecule has 0 bridgehead atoms. The first-order chi connectivity index (χ1) is 9.43. The van der Waals surface area contributed by atoms with Gasteiger partial charge in [0.15, 0.2) is 5.78 Å². The number of nitrogens with two attached hydrogens (primary N) is 1. The summed E-state index contributed by atoms with van der Waals surface area (Å²) in [6, 6.07) is 2.15. The topological polar surface area (TPSA) is 46.3 Å². The third-order valence-corrected chi connectivity index (χ3v) is 4.57. The fraction of sp³-hybridized carbons (Fsp3) is 0.588. The van der Waals surface area contributed by atoms with E-state index in [1.807, 2.05) is 6.92 Å². The second-order valence-corrected chi connectivity index (χ2v) is 6.17. The average molecular weight is 274 g/mol. The van der Waals surface area contributed by atoms with Gasteiger partial charge in [0.05, 0.1) is 0 Å². The highest BCUT2D eigenvalue weighted by Gasteiger charge is 2.23. The molecular formula is C17H26N2O. The maximum absolute atomic E-state index is 11.9. The molecule has 20 heavy (non-hydrogen) atoms. The van der Waals surface area contributed by atoms with Gasteiger partial charge in [0, 0.05) is 18.7 Å². The van der Waals surface area contributed by atoms with E-state index in [0.29, 0.717) is 5.92 Å². The number of aryl methyl sites for hydroxylation is 2. The smallest absolute Gasteiger partial charge is 0.160 e. The van der Waals surface area contributed by atoms with Crippen molar-refractivity contribution in [2.45, 2.75) is 40.7 Å². The van der Waals surface area contributed by atoms with Crippen LogP contribution in [-0.4, -0.2) is 30.3 Å². The van der Waals surface area contributed by atoms with Gasteiger partial charge in [-0.3, -0.25) is 9.69 Å². The van der Waals surface area contributed by atoms with Crippen LogP contribution < -0.4 is 5.73 Å². The van der Waals surface area contributed by atoms with E-state index in [1.165, 1.54) is 17.5 Å². The number of nitrogens with zero attached hydrogens (tertiary/aromatic N) is 1. The molecule has 0 unspecified atom stereocenters. The molecule has 3 heteroatoms. The summed E-state index contributed by atoms with van der Waals surface area (Å²) in [7, 11) is 0.